The summed E-state index contributed by atoms with van der Waals surface area (Å²) in [6.45, 7) is 1.42. The van der Waals surface area contributed by atoms with Crippen molar-refractivity contribution in [3.63, 3.8) is 0 Å². The molecule has 0 saturated carbocycles. The van der Waals surface area contributed by atoms with Crippen LogP contribution in [-0.4, -0.2) is 25.9 Å². The van der Waals surface area contributed by atoms with Crippen molar-refractivity contribution in [2.24, 2.45) is 0 Å². The van der Waals surface area contributed by atoms with E-state index in [9.17, 15) is 13.2 Å². The average molecular weight is 378 g/mol. The minimum atomic E-state index is -4.22. The number of nitrogens with one attached hydrogen (secondary N) is 2. The van der Waals surface area contributed by atoms with Crippen LogP contribution in [0.2, 0.25) is 0 Å². The van der Waals surface area contributed by atoms with E-state index in [1.165, 1.54) is 18.7 Å². The van der Waals surface area contributed by atoms with Crippen LogP contribution in [0.1, 0.15) is 35.6 Å². The molecule has 1 heterocycles. The number of hydrogen-bond acceptors (Lipinski definition) is 3. The standard InChI is InChI=1S/C21H25F3N2O/c1-27-19-10-9-15(13-21(22,23)24)12-17(19)14-26-18-8-5-11-25-20(18)16-6-3-2-4-7-16/h2-4,6-7,9-10,12,18,20,25-26H,5,8,11,13-14H2,1H3. The van der Waals surface area contributed by atoms with Crippen molar-refractivity contribution >= 4 is 0 Å². The summed E-state index contributed by atoms with van der Waals surface area (Å²) in [6.07, 6.45) is -3.07. The first-order chi connectivity index (χ1) is 13.0. The van der Waals surface area contributed by atoms with Crippen LogP contribution in [0.5, 0.6) is 5.75 Å². The molecular weight excluding hydrogens is 353 g/mol. The molecule has 1 fully saturated rings. The van der Waals surface area contributed by atoms with Gasteiger partial charge < -0.3 is 15.4 Å². The third-order valence-electron chi connectivity index (χ3n) is 4.92. The van der Waals surface area contributed by atoms with E-state index in [2.05, 4.69) is 22.8 Å². The maximum absolute atomic E-state index is 12.7. The van der Waals surface area contributed by atoms with Crippen LogP contribution in [0, 0.1) is 0 Å². The summed E-state index contributed by atoms with van der Waals surface area (Å²) in [4.78, 5) is 0. The molecule has 146 valence electrons. The largest absolute Gasteiger partial charge is 0.496 e. The van der Waals surface area contributed by atoms with Gasteiger partial charge in [0.2, 0.25) is 0 Å². The molecule has 2 atom stereocenters. The molecule has 0 bridgehead atoms. The lowest BCUT2D eigenvalue weighted by atomic mass is 9.92. The van der Waals surface area contributed by atoms with Crippen LogP contribution in [-0.2, 0) is 13.0 Å². The minimum absolute atomic E-state index is 0.185. The molecule has 6 heteroatoms. The zero-order chi connectivity index (χ0) is 19.3. The monoisotopic (exact) mass is 378 g/mol. The van der Waals surface area contributed by atoms with Crippen molar-refractivity contribution in [1.29, 1.82) is 0 Å². The summed E-state index contributed by atoms with van der Waals surface area (Å²) in [5.74, 6) is 0.605. The molecule has 0 aromatic heterocycles. The molecule has 1 aliphatic heterocycles. The molecule has 3 nitrogen and oxygen atoms in total. The van der Waals surface area contributed by atoms with Crippen molar-refractivity contribution in [2.45, 2.75) is 44.1 Å². The number of ether oxygens (including phenoxy) is 1. The molecule has 1 aliphatic rings. The Morgan fingerprint density at radius 3 is 2.63 bits per heavy atom. The second kappa shape index (κ2) is 8.76. The molecule has 0 radical (unpaired) electrons. The summed E-state index contributed by atoms with van der Waals surface area (Å²) >= 11 is 0. The fourth-order valence-electron chi connectivity index (χ4n) is 3.67. The maximum Gasteiger partial charge on any atom is 0.393 e. The smallest absolute Gasteiger partial charge is 0.393 e. The Hall–Kier alpha value is -2.05. The average Bonchev–Trinajstić information content (AvgIpc) is 2.66. The van der Waals surface area contributed by atoms with Gasteiger partial charge in [-0.15, -0.1) is 0 Å². The molecule has 2 aromatic carbocycles. The molecule has 2 unspecified atom stereocenters. The van der Waals surface area contributed by atoms with Gasteiger partial charge in [0.25, 0.3) is 0 Å². The molecule has 2 N–H and O–H groups in total. The van der Waals surface area contributed by atoms with E-state index in [-0.39, 0.29) is 17.6 Å². The first-order valence-electron chi connectivity index (χ1n) is 9.20. The van der Waals surface area contributed by atoms with Gasteiger partial charge in [0.05, 0.1) is 13.5 Å². The number of piperidine rings is 1. The highest BCUT2D eigenvalue weighted by atomic mass is 19.4. The lowest BCUT2D eigenvalue weighted by Crippen LogP contribution is -2.45. The van der Waals surface area contributed by atoms with Crippen molar-refractivity contribution < 1.29 is 17.9 Å². The van der Waals surface area contributed by atoms with Gasteiger partial charge in [0, 0.05) is 24.2 Å². The van der Waals surface area contributed by atoms with E-state index in [4.69, 9.17) is 4.74 Å². The fourth-order valence-corrected chi connectivity index (χ4v) is 3.67. The zero-order valence-corrected chi connectivity index (χ0v) is 15.4. The number of hydrogen-bond donors (Lipinski definition) is 2. The number of halogens is 3. The summed E-state index contributed by atoms with van der Waals surface area (Å²) < 4.78 is 43.5. The van der Waals surface area contributed by atoms with Gasteiger partial charge in [0.1, 0.15) is 5.75 Å². The van der Waals surface area contributed by atoms with Gasteiger partial charge in [-0.2, -0.15) is 13.2 Å². The Morgan fingerprint density at radius 1 is 1.15 bits per heavy atom. The Balaban J connectivity index is 1.73. The van der Waals surface area contributed by atoms with Crippen molar-refractivity contribution in [3.05, 3.63) is 65.2 Å². The van der Waals surface area contributed by atoms with Crippen molar-refractivity contribution in [3.8, 4) is 5.75 Å². The quantitative estimate of drug-likeness (QED) is 0.783. The Labute approximate surface area is 157 Å². The van der Waals surface area contributed by atoms with E-state index in [1.807, 2.05) is 18.2 Å². The molecule has 0 amide bonds. The van der Waals surface area contributed by atoms with Gasteiger partial charge in [-0.3, -0.25) is 0 Å². The Kier molecular flexibility index (Phi) is 6.39. The summed E-state index contributed by atoms with van der Waals surface area (Å²) in [7, 11) is 1.54. The molecule has 2 aromatic rings. The van der Waals surface area contributed by atoms with Gasteiger partial charge in [-0.25, -0.2) is 0 Å². The van der Waals surface area contributed by atoms with Crippen LogP contribution in [0.3, 0.4) is 0 Å². The van der Waals surface area contributed by atoms with Crippen LogP contribution < -0.4 is 15.4 Å². The predicted molar refractivity (Wildman–Crippen MR) is 99.8 cm³/mol. The maximum atomic E-state index is 12.7. The second-order valence-corrected chi connectivity index (χ2v) is 6.91. The zero-order valence-electron chi connectivity index (χ0n) is 15.4. The second-order valence-electron chi connectivity index (χ2n) is 6.91. The van der Waals surface area contributed by atoms with Gasteiger partial charge in [0.15, 0.2) is 0 Å². The molecular formula is C21H25F3N2O. The molecule has 1 saturated heterocycles. The normalized spacial score (nSPS) is 20.4. The van der Waals surface area contributed by atoms with E-state index in [0.717, 1.165) is 24.9 Å². The van der Waals surface area contributed by atoms with Crippen LogP contribution in [0.4, 0.5) is 13.2 Å². The first kappa shape index (κ1) is 19.7. The third kappa shape index (κ3) is 5.47. The SMILES string of the molecule is COc1ccc(CC(F)(F)F)cc1CNC1CCCNC1c1ccccc1. The highest BCUT2D eigenvalue weighted by Crippen LogP contribution is 2.27. The summed E-state index contributed by atoms with van der Waals surface area (Å²) in [6, 6.07) is 15.3. The van der Waals surface area contributed by atoms with E-state index < -0.39 is 12.6 Å². The number of alkyl halides is 3. The highest BCUT2D eigenvalue weighted by Gasteiger charge is 2.28. The summed E-state index contributed by atoms with van der Waals surface area (Å²) in [5.41, 5.74) is 2.21. The Bertz CT molecular complexity index is 734. The van der Waals surface area contributed by atoms with E-state index in [0.29, 0.717) is 12.3 Å². The van der Waals surface area contributed by atoms with Gasteiger partial charge in [-0.1, -0.05) is 42.5 Å². The summed E-state index contributed by atoms with van der Waals surface area (Å²) in [5, 5.41) is 7.08. The minimum Gasteiger partial charge on any atom is -0.496 e. The molecule has 27 heavy (non-hydrogen) atoms. The van der Waals surface area contributed by atoms with Crippen molar-refractivity contribution in [2.75, 3.05) is 13.7 Å². The number of rotatable bonds is 6. The molecule has 3 rings (SSSR count). The predicted octanol–water partition coefficient (Wildman–Crippen LogP) is 4.38. The fraction of sp³-hybridized carbons (Fsp3) is 0.429. The molecule has 0 spiro atoms. The number of benzene rings is 2. The first-order valence-corrected chi connectivity index (χ1v) is 9.20. The van der Waals surface area contributed by atoms with E-state index in [1.54, 1.807) is 12.1 Å². The molecule has 0 aliphatic carbocycles. The van der Waals surface area contributed by atoms with E-state index >= 15 is 0 Å². The van der Waals surface area contributed by atoms with Crippen LogP contribution in [0.15, 0.2) is 48.5 Å². The Morgan fingerprint density at radius 2 is 1.93 bits per heavy atom. The lowest BCUT2D eigenvalue weighted by Gasteiger charge is -2.34. The third-order valence-corrected chi connectivity index (χ3v) is 4.92. The van der Waals surface area contributed by atoms with Gasteiger partial charge >= 0.3 is 6.18 Å². The lowest BCUT2D eigenvalue weighted by molar-refractivity contribution is -0.127. The van der Waals surface area contributed by atoms with Crippen LogP contribution in [0.25, 0.3) is 0 Å². The van der Waals surface area contributed by atoms with Gasteiger partial charge in [-0.05, 0) is 36.6 Å². The number of methoxy groups -OCH3 is 1. The topological polar surface area (TPSA) is 33.3 Å². The highest BCUT2D eigenvalue weighted by molar-refractivity contribution is 5.37. The van der Waals surface area contributed by atoms with Crippen LogP contribution >= 0.6 is 0 Å². The van der Waals surface area contributed by atoms with Crippen molar-refractivity contribution in [1.82, 2.24) is 10.6 Å².